The average molecular weight is 300 g/mol. The second-order valence-corrected chi connectivity index (χ2v) is 7.09. The lowest BCUT2D eigenvalue weighted by atomic mass is 9.80. The molecule has 0 amide bonds. The summed E-state index contributed by atoms with van der Waals surface area (Å²) in [6, 6.07) is 10.4. The monoisotopic (exact) mass is 300 g/mol. The van der Waals surface area contributed by atoms with Crippen molar-refractivity contribution in [2.24, 2.45) is 11.8 Å². The maximum absolute atomic E-state index is 4.74. The first-order valence-corrected chi connectivity index (χ1v) is 8.91. The lowest BCUT2D eigenvalue weighted by molar-refractivity contribution is 0.247. The minimum Gasteiger partial charge on any atom is -0.310 e. The number of hydrogen-bond donors (Lipinski definition) is 1. The molecule has 2 unspecified atom stereocenters. The van der Waals surface area contributed by atoms with Gasteiger partial charge in [-0.3, -0.25) is 0 Å². The van der Waals surface area contributed by atoms with Gasteiger partial charge >= 0.3 is 0 Å². The molecular weight excluding hydrogens is 276 g/mol. The first-order valence-electron chi connectivity index (χ1n) is 8.03. The smallest absolute Gasteiger partial charge is 0.107 e. The number of thiazole rings is 1. The van der Waals surface area contributed by atoms with Crippen LogP contribution in [0.5, 0.6) is 0 Å². The normalized spacial score (nSPS) is 22.3. The highest BCUT2D eigenvalue weighted by Crippen LogP contribution is 2.29. The topological polar surface area (TPSA) is 24.9 Å². The molecule has 1 aliphatic rings. The van der Waals surface area contributed by atoms with Gasteiger partial charge in [-0.2, -0.15) is 0 Å². The van der Waals surface area contributed by atoms with Crippen LogP contribution in [0.15, 0.2) is 35.7 Å². The standard InChI is InChI=1S/C18H24N2S/c1-14-7-5-6-10-16(14)11-19-12-18-20-17(13-21-18)15-8-3-2-4-9-15/h2-4,8-9,13-14,16,19H,5-7,10-12H2,1H3. The number of nitrogens with zero attached hydrogens (tertiary/aromatic N) is 1. The van der Waals surface area contributed by atoms with Crippen molar-refractivity contribution < 1.29 is 0 Å². The lowest BCUT2D eigenvalue weighted by Gasteiger charge is -2.28. The van der Waals surface area contributed by atoms with Crippen LogP contribution in [-0.4, -0.2) is 11.5 Å². The van der Waals surface area contributed by atoms with Gasteiger partial charge in [0.25, 0.3) is 0 Å². The summed E-state index contributed by atoms with van der Waals surface area (Å²) in [5, 5.41) is 6.97. The summed E-state index contributed by atoms with van der Waals surface area (Å²) in [5.41, 5.74) is 2.31. The van der Waals surface area contributed by atoms with Crippen LogP contribution in [0.3, 0.4) is 0 Å². The zero-order valence-electron chi connectivity index (χ0n) is 12.7. The highest BCUT2D eigenvalue weighted by Gasteiger charge is 2.20. The molecule has 21 heavy (non-hydrogen) atoms. The van der Waals surface area contributed by atoms with Crippen molar-refractivity contribution in [3.05, 3.63) is 40.7 Å². The third kappa shape index (κ3) is 3.92. The molecule has 3 rings (SSSR count). The van der Waals surface area contributed by atoms with Gasteiger partial charge in [0.1, 0.15) is 5.01 Å². The highest BCUT2D eigenvalue weighted by molar-refractivity contribution is 7.09. The third-order valence-electron chi connectivity index (χ3n) is 4.59. The molecule has 2 nitrogen and oxygen atoms in total. The Balaban J connectivity index is 1.51. The second-order valence-electron chi connectivity index (χ2n) is 6.15. The van der Waals surface area contributed by atoms with E-state index in [2.05, 4.69) is 41.9 Å². The molecule has 0 bridgehead atoms. The van der Waals surface area contributed by atoms with Crippen LogP contribution >= 0.6 is 11.3 Å². The number of benzene rings is 1. The van der Waals surface area contributed by atoms with E-state index in [4.69, 9.17) is 4.98 Å². The Morgan fingerprint density at radius 3 is 2.81 bits per heavy atom. The molecule has 112 valence electrons. The fraction of sp³-hybridized carbons (Fsp3) is 0.500. The van der Waals surface area contributed by atoms with Crippen LogP contribution in [0.4, 0.5) is 0 Å². The summed E-state index contributed by atoms with van der Waals surface area (Å²) < 4.78 is 0. The fourth-order valence-electron chi connectivity index (χ4n) is 3.19. The molecule has 1 aromatic carbocycles. The Morgan fingerprint density at radius 2 is 2.00 bits per heavy atom. The number of hydrogen-bond acceptors (Lipinski definition) is 3. The largest absolute Gasteiger partial charge is 0.310 e. The van der Waals surface area contributed by atoms with Crippen LogP contribution in [0.1, 0.15) is 37.6 Å². The molecule has 0 saturated heterocycles. The molecule has 1 aromatic heterocycles. The highest BCUT2D eigenvalue weighted by atomic mass is 32.1. The fourth-order valence-corrected chi connectivity index (χ4v) is 3.97. The number of nitrogens with one attached hydrogen (secondary N) is 1. The molecule has 0 aliphatic heterocycles. The van der Waals surface area contributed by atoms with Crippen LogP contribution in [0, 0.1) is 11.8 Å². The molecule has 1 N–H and O–H groups in total. The quantitative estimate of drug-likeness (QED) is 0.863. The van der Waals surface area contributed by atoms with Gasteiger partial charge in [0.2, 0.25) is 0 Å². The summed E-state index contributed by atoms with van der Waals surface area (Å²) in [7, 11) is 0. The molecule has 1 heterocycles. The predicted molar refractivity (Wildman–Crippen MR) is 90.4 cm³/mol. The van der Waals surface area contributed by atoms with Crippen molar-refractivity contribution >= 4 is 11.3 Å². The lowest BCUT2D eigenvalue weighted by Crippen LogP contribution is -2.29. The Morgan fingerprint density at radius 1 is 1.19 bits per heavy atom. The van der Waals surface area contributed by atoms with Crippen molar-refractivity contribution in [2.45, 2.75) is 39.2 Å². The summed E-state index contributed by atoms with van der Waals surface area (Å²) in [6.07, 6.45) is 5.62. The zero-order valence-corrected chi connectivity index (χ0v) is 13.5. The first-order chi connectivity index (χ1) is 10.3. The molecule has 1 fully saturated rings. The van der Waals surface area contributed by atoms with Gasteiger partial charge in [-0.1, -0.05) is 56.5 Å². The Labute approximate surface area is 131 Å². The predicted octanol–water partition coefficient (Wildman–Crippen LogP) is 4.73. The molecule has 0 spiro atoms. The van der Waals surface area contributed by atoms with E-state index in [1.54, 1.807) is 11.3 Å². The molecule has 0 radical (unpaired) electrons. The Hall–Kier alpha value is -1.19. The Kier molecular flexibility index (Phi) is 5.04. The molecule has 2 aromatic rings. The molecule has 3 heteroatoms. The van der Waals surface area contributed by atoms with Crippen LogP contribution < -0.4 is 5.32 Å². The van der Waals surface area contributed by atoms with E-state index >= 15 is 0 Å². The maximum Gasteiger partial charge on any atom is 0.107 e. The second kappa shape index (κ2) is 7.19. The first kappa shape index (κ1) is 14.7. The minimum absolute atomic E-state index is 0.854. The SMILES string of the molecule is CC1CCCCC1CNCc1nc(-c2ccccc2)cs1. The molecule has 1 aliphatic carbocycles. The van der Waals surface area contributed by atoms with E-state index in [0.29, 0.717) is 0 Å². The van der Waals surface area contributed by atoms with Crippen LogP contribution in [0.2, 0.25) is 0 Å². The number of aromatic nitrogens is 1. The van der Waals surface area contributed by atoms with Crippen LogP contribution in [0.25, 0.3) is 11.3 Å². The van der Waals surface area contributed by atoms with E-state index in [-0.39, 0.29) is 0 Å². The van der Waals surface area contributed by atoms with E-state index in [1.807, 2.05) is 6.07 Å². The van der Waals surface area contributed by atoms with Gasteiger partial charge in [0.15, 0.2) is 0 Å². The molecule has 2 atom stereocenters. The summed E-state index contributed by atoms with van der Waals surface area (Å²) in [6.45, 7) is 4.45. The Bertz CT molecular complexity index is 549. The summed E-state index contributed by atoms with van der Waals surface area (Å²) in [5.74, 6) is 1.73. The average Bonchev–Trinajstić information content (AvgIpc) is 2.99. The van der Waals surface area contributed by atoms with Crippen molar-refractivity contribution in [1.29, 1.82) is 0 Å². The minimum atomic E-state index is 0.854. The third-order valence-corrected chi connectivity index (χ3v) is 5.44. The number of rotatable bonds is 5. The van der Waals surface area contributed by atoms with Gasteiger partial charge in [-0.15, -0.1) is 11.3 Å². The van der Waals surface area contributed by atoms with Crippen molar-refractivity contribution in [3.8, 4) is 11.3 Å². The van der Waals surface area contributed by atoms with E-state index in [0.717, 1.165) is 30.6 Å². The summed E-state index contributed by atoms with van der Waals surface area (Å²) >= 11 is 1.76. The van der Waals surface area contributed by atoms with E-state index in [9.17, 15) is 0 Å². The van der Waals surface area contributed by atoms with Crippen molar-refractivity contribution in [3.63, 3.8) is 0 Å². The van der Waals surface area contributed by atoms with E-state index < -0.39 is 0 Å². The van der Waals surface area contributed by atoms with Gasteiger partial charge in [-0.25, -0.2) is 4.98 Å². The van der Waals surface area contributed by atoms with Crippen molar-refractivity contribution in [2.75, 3.05) is 6.54 Å². The molecular formula is C18H24N2S. The van der Waals surface area contributed by atoms with E-state index in [1.165, 1.54) is 36.3 Å². The summed E-state index contributed by atoms with van der Waals surface area (Å²) in [4.78, 5) is 4.74. The van der Waals surface area contributed by atoms with Gasteiger partial charge in [0.05, 0.1) is 5.69 Å². The van der Waals surface area contributed by atoms with Crippen molar-refractivity contribution in [1.82, 2.24) is 10.3 Å². The van der Waals surface area contributed by atoms with Gasteiger partial charge < -0.3 is 5.32 Å². The maximum atomic E-state index is 4.74. The van der Waals surface area contributed by atoms with Gasteiger partial charge in [0, 0.05) is 17.5 Å². The zero-order chi connectivity index (χ0) is 14.5. The molecule has 1 saturated carbocycles. The van der Waals surface area contributed by atoms with Gasteiger partial charge in [-0.05, 0) is 24.8 Å². The van der Waals surface area contributed by atoms with Crippen LogP contribution in [-0.2, 0) is 6.54 Å².